The van der Waals surface area contributed by atoms with E-state index in [-0.39, 0.29) is 11.7 Å². The van der Waals surface area contributed by atoms with Crippen LogP contribution in [-0.2, 0) is 18.3 Å². The average Bonchev–Trinajstić information content (AvgIpc) is 2.96. The molecule has 0 aliphatic heterocycles. The topological polar surface area (TPSA) is 31.2 Å². The molecule has 0 amide bonds. The lowest BCUT2D eigenvalue weighted by Gasteiger charge is -2.08. The van der Waals surface area contributed by atoms with Crippen LogP contribution in [0.2, 0.25) is 0 Å². The number of aryl methyl sites for hydroxylation is 1. The lowest BCUT2D eigenvalue weighted by Crippen LogP contribution is -2.10. The van der Waals surface area contributed by atoms with E-state index in [1.807, 2.05) is 57.4 Å². The minimum Gasteiger partial charge on any atom is -0.495 e. The van der Waals surface area contributed by atoms with Crippen molar-refractivity contribution in [3.63, 3.8) is 0 Å². The van der Waals surface area contributed by atoms with Gasteiger partial charge in [-0.15, -0.1) is 0 Å². The lowest BCUT2D eigenvalue weighted by molar-refractivity contribution is -0.121. The molecule has 0 aliphatic rings. The highest BCUT2D eigenvalue weighted by molar-refractivity contribution is 5.87. The summed E-state index contributed by atoms with van der Waals surface area (Å²) in [5.41, 5.74) is 3.92. The monoisotopic (exact) mass is 345 g/mol. The standard InChI is InChI=1S/C23H23NO2/c1-16(2)22(25)13-17-9-10-18(23(14-17)26-4)11-12-19-15-24(3)21-8-6-5-7-20(19)21/h5-10,14-16H,13H2,1-4H3. The van der Waals surface area contributed by atoms with E-state index < -0.39 is 0 Å². The molecule has 132 valence electrons. The number of rotatable bonds is 4. The first-order valence-corrected chi connectivity index (χ1v) is 8.75. The molecule has 3 heteroatoms. The first kappa shape index (κ1) is 17.8. The maximum Gasteiger partial charge on any atom is 0.139 e. The Morgan fingerprint density at radius 2 is 1.85 bits per heavy atom. The van der Waals surface area contributed by atoms with Crippen LogP contribution in [0.1, 0.15) is 30.5 Å². The number of hydrogen-bond acceptors (Lipinski definition) is 2. The van der Waals surface area contributed by atoms with Crippen molar-refractivity contribution in [2.24, 2.45) is 13.0 Å². The Bertz CT molecular complexity index is 1020. The number of ketones is 1. The third kappa shape index (κ3) is 3.65. The zero-order valence-electron chi connectivity index (χ0n) is 15.7. The fourth-order valence-electron chi connectivity index (χ4n) is 2.93. The van der Waals surface area contributed by atoms with E-state index in [0.717, 1.165) is 27.6 Å². The number of aromatic nitrogens is 1. The second-order valence-electron chi connectivity index (χ2n) is 6.75. The van der Waals surface area contributed by atoms with Gasteiger partial charge in [-0.1, -0.05) is 50.0 Å². The van der Waals surface area contributed by atoms with Crippen molar-refractivity contribution in [2.45, 2.75) is 20.3 Å². The molecule has 0 atom stereocenters. The molecule has 0 radical (unpaired) electrons. The van der Waals surface area contributed by atoms with Gasteiger partial charge < -0.3 is 9.30 Å². The number of fused-ring (bicyclic) bond motifs is 1. The van der Waals surface area contributed by atoms with Crippen molar-refractivity contribution in [1.29, 1.82) is 0 Å². The molecule has 3 aromatic rings. The largest absolute Gasteiger partial charge is 0.495 e. The van der Waals surface area contributed by atoms with Gasteiger partial charge in [-0.3, -0.25) is 4.79 Å². The highest BCUT2D eigenvalue weighted by Gasteiger charge is 2.10. The van der Waals surface area contributed by atoms with Gasteiger partial charge in [0.05, 0.1) is 18.2 Å². The molecule has 0 fully saturated rings. The molecule has 0 N–H and O–H groups in total. The molecule has 1 heterocycles. The molecule has 0 spiro atoms. The number of methoxy groups -OCH3 is 1. The molecule has 26 heavy (non-hydrogen) atoms. The van der Waals surface area contributed by atoms with Crippen LogP contribution >= 0.6 is 0 Å². The van der Waals surface area contributed by atoms with E-state index in [4.69, 9.17) is 4.74 Å². The first-order chi connectivity index (χ1) is 12.5. The fraction of sp³-hybridized carbons (Fsp3) is 0.261. The molecular formula is C23H23NO2. The Morgan fingerprint density at radius 3 is 2.58 bits per heavy atom. The smallest absolute Gasteiger partial charge is 0.139 e. The molecule has 0 aliphatic carbocycles. The van der Waals surface area contributed by atoms with Gasteiger partial charge in [0.1, 0.15) is 11.5 Å². The summed E-state index contributed by atoms with van der Waals surface area (Å²) >= 11 is 0. The molecule has 0 unspecified atom stereocenters. The van der Waals surface area contributed by atoms with E-state index in [9.17, 15) is 4.79 Å². The molecule has 0 bridgehead atoms. The molecule has 0 saturated heterocycles. The average molecular weight is 345 g/mol. The third-order valence-corrected chi connectivity index (χ3v) is 4.52. The summed E-state index contributed by atoms with van der Waals surface area (Å²) in [5, 5.41) is 1.14. The van der Waals surface area contributed by atoms with Crippen LogP contribution in [0, 0.1) is 17.8 Å². The van der Waals surface area contributed by atoms with Crippen LogP contribution in [0.3, 0.4) is 0 Å². The van der Waals surface area contributed by atoms with Crippen LogP contribution in [-0.4, -0.2) is 17.5 Å². The minimum atomic E-state index is 0.0341. The Morgan fingerprint density at radius 1 is 1.12 bits per heavy atom. The van der Waals surface area contributed by atoms with Crippen molar-refractivity contribution in [3.05, 3.63) is 65.4 Å². The summed E-state index contributed by atoms with van der Waals surface area (Å²) in [6.45, 7) is 3.84. The van der Waals surface area contributed by atoms with Crippen LogP contribution in [0.5, 0.6) is 5.75 Å². The highest BCUT2D eigenvalue weighted by Crippen LogP contribution is 2.22. The summed E-state index contributed by atoms with van der Waals surface area (Å²) in [5.74, 6) is 7.43. The number of carbonyl (C=O) groups excluding carboxylic acids is 1. The number of nitrogens with zero attached hydrogens (tertiary/aromatic N) is 1. The third-order valence-electron chi connectivity index (χ3n) is 4.52. The number of hydrogen-bond donors (Lipinski definition) is 0. The van der Waals surface area contributed by atoms with Crippen LogP contribution in [0.15, 0.2) is 48.7 Å². The summed E-state index contributed by atoms with van der Waals surface area (Å²) in [4.78, 5) is 12.0. The van der Waals surface area contributed by atoms with Crippen molar-refractivity contribution in [1.82, 2.24) is 4.57 Å². The lowest BCUT2D eigenvalue weighted by atomic mass is 9.99. The Kier molecular flexibility index (Phi) is 5.14. The van der Waals surface area contributed by atoms with Gasteiger partial charge in [-0.2, -0.15) is 0 Å². The van der Waals surface area contributed by atoms with E-state index >= 15 is 0 Å². The summed E-state index contributed by atoms with van der Waals surface area (Å²) < 4.78 is 7.57. The van der Waals surface area contributed by atoms with Gasteiger partial charge in [0.25, 0.3) is 0 Å². The van der Waals surface area contributed by atoms with Crippen LogP contribution < -0.4 is 4.74 Å². The maximum absolute atomic E-state index is 12.0. The number of benzene rings is 2. The molecule has 2 aromatic carbocycles. The zero-order chi connectivity index (χ0) is 18.7. The second kappa shape index (κ2) is 7.49. The van der Waals surface area contributed by atoms with Crippen molar-refractivity contribution in [2.75, 3.05) is 7.11 Å². The number of Topliss-reactive ketones (excluding diaryl/α,β-unsaturated/α-hetero) is 1. The Balaban J connectivity index is 1.93. The zero-order valence-corrected chi connectivity index (χ0v) is 15.7. The van der Waals surface area contributed by atoms with Crippen molar-refractivity contribution in [3.8, 4) is 17.6 Å². The predicted molar refractivity (Wildman–Crippen MR) is 105 cm³/mol. The fourth-order valence-corrected chi connectivity index (χ4v) is 2.93. The molecule has 3 rings (SSSR count). The molecule has 3 nitrogen and oxygen atoms in total. The minimum absolute atomic E-state index is 0.0341. The predicted octanol–water partition coefficient (Wildman–Crippen LogP) is 4.35. The van der Waals surface area contributed by atoms with Gasteiger partial charge in [0.2, 0.25) is 0 Å². The van der Waals surface area contributed by atoms with Gasteiger partial charge in [-0.05, 0) is 23.8 Å². The Labute approximate surface area is 154 Å². The number of para-hydroxylation sites is 1. The summed E-state index contributed by atoms with van der Waals surface area (Å²) in [6, 6.07) is 14.0. The summed E-state index contributed by atoms with van der Waals surface area (Å²) in [7, 11) is 3.65. The molecular weight excluding hydrogens is 322 g/mol. The highest BCUT2D eigenvalue weighted by atomic mass is 16.5. The van der Waals surface area contributed by atoms with Gasteiger partial charge in [0, 0.05) is 36.5 Å². The first-order valence-electron chi connectivity index (χ1n) is 8.75. The molecule has 0 saturated carbocycles. The van der Waals surface area contributed by atoms with Crippen LogP contribution in [0.4, 0.5) is 0 Å². The van der Waals surface area contributed by atoms with E-state index in [1.54, 1.807) is 7.11 Å². The number of carbonyl (C=O) groups is 1. The van der Waals surface area contributed by atoms with Crippen molar-refractivity contribution >= 4 is 16.7 Å². The van der Waals surface area contributed by atoms with E-state index in [1.165, 1.54) is 0 Å². The van der Waals surface area contributed by atoms with Gasteiger partial charge in [-0.25, -0.2) is 0 Å². The van der Waals surface area contributed by atoms with Crippen LogP contribution in [0.25, 0.3) is 10.9 Å². The van der Waals surface area contributed by atoms with E-state index in [0.29, 0.717) is 12.2 Å². The molecule has 1 aromatic heterocycles. The second-order valence-corrected chi connectivity index (χ2v) is 6.75. The van der Waals surface area contributed by atoms with Gasteiger partial charge >= 0.3 is 0 Å². The summed E-state index contributed by atoms with van der Waals surface area (Å²) in [6.07, 6.45) is 2.46. The Hall–Kier alpha value is -2.99. The van der Waals surface area contributed by atoms with Gasteiger partial charge in [0.15, 0.2) is 0 Å². The SMILES string of the molecule is COc1cc(CC(=O)C(C)C)ccc1C#Cc1cn(C)c2ccccc12. The normalized spacial score (nSPS) is 10.7. The maximum atomic E-state index is 12.0. The quantitative estimate of drug-likeness (QED) is 0.658. The van der Waals surface area contributed by atoms with E-state index in [2.05, 4.69) is 28.5 Å². The number of ether oxygens (including phenoxy) is 1. The van der Waals surface area contributed by atoms with Crippen molar-refractivity contribution < 1.29 is 9.53 Å².